The number of anilines is 1. The number of aryl methyl sites for hydroxylation is 1. The molecule has 1 aromatic heterocycles. The number of fused-ring (bicyclic) bond motifs is 2. The van der Waals surface area contributed by atoms with Crippen LogP contribution in [0.5, 0.6) is 0 Å². The van der Waals surface area contributed by atoms with E-state index < -0.39 is 5.97 Å². The molecule has 0 spiro atoms. The van der Waals surface area contributed by atoms with Gasteiger partial charge in [-0.15, -0.1) is 0 Å². The molecule has 0 aliphatic carbocycles. The zero-order valence-electron chi connectivity index (χ0n) is 17.6. The molecule has 2 N–H and O–H groups in total. The molecular formula is C26H27N3O2. The van der Waals surface area contributed by atoms with Crippen LogP contribution in [0.4, 0.5) is 5.69 Å². The largest absolute Gasteiger partial charge is 0.478 e. The number of nitrogens with zero attached hydrogens (tertiary/aromatic N) is 2. The van der Waals surface area contributed by atoms with E-state index in [9.17, 15) is 9.90 Å². The van der Waals surface area contributed by atoms with Crippen LogP contribution >= 0.6 is 0 Å². The van der Waals surface area contributed by atoms with Crippen molar-refractivity contribution in [1.29, 1.82) is 0 Å². The van der Waals surface area contributed by atoms with Crippen LogP contribution in [0, 0.1) is 0 Å². The molecule has 3 heterocycles. The number of aromatic nitrogens is 1. The highest BCUT2D eigenvalue weighted by Crippen LogP contribution is 2.32. The van der Waals surface area contributed by atoms with Crippen molar-refractivity contribution in [3.63, 3.8) is 0 Å². The number of aromatic carboxylic acids is 1. The Morgan fingerprint density at radius 2 is 1.97 bits per heavy atom. The number of hydrogen-bond donors (Lipinski definition) is 2. The van der Waals surface area contributed by atoms with Crippen LogP contribution < -0.4 is 10.2 Å². The fraction of sp³-hybridized carbons (Fsp3) is 0.308. The molecular weight excluding hydrogens is 386 g/mol. The Balaban J connectivity index is 1.32. The van der Waals surface area contributed by atoms with Gasteiger partial charge in [0.05, 0.1) is 5.56 Å². The first kappa shape index (κ1) is 19.8. The minimum absolute atomic E-state index is 0.238. The maximum Gasteiger partial charge on any atom is 0.336 e. The monoisotopic (exact) mass is 413 g/mol. The molecule has 5 nitrogen and oxygen atoms in total. The van der Waals surface area contributed by atoms with Crippen molar-refractivity contribution in [3.8, 4) is 0 Å². The molecule has 2 aliphatic heterocycles. The average Bonchev–Trinajstić information content (AvgIpc) is 2.82. The lowest BCUT2D eigenvalue weighted by atomic mass is 9.89. The Hall–Kier alpha value is -3.18. The summed E-state index contributed by atoms with van der Waals surface area (Å²) in [5.41, 5.74) is 8.10. The quantitative estimate of drug-likeness (QED) is 0.658. The smallest absolute Gasteiger partial charge is 0.336 e. The van der Waals surface area contributed by atoms with E-state index in [1.807, 2.05) is 0 Å². The zero-order valence-corrected chi connectivity index (χ0v) is 17.6. The number of rotatable bonds is 5. The Morgan fingerprint density at radius 3 is 2.84 bits per heavy atom. The number of hydrogen-bond acceptors (Lipinski definition) is 4. The van der Waals surface area contributed by atoms with Crippen LogP contribution in [0.3, 0.4) is 0 Å². The molecule has 0 radical (unpaired) electrons. The fourth-order valence-electron chi connectivity index (χ4n) is 4.94. The maximum absolute atomic E-state index is 11.5. The van der Waals surface area contributed by atoms with E-state index in [2.05, 4.69) is 57.7 Å². The van der Waals surface area contributed by atoms with Gasteiger partial charge in [-0.05, 0) is 78.2 Å². The first-order valence-electron chi connectivity index (χ1n) is 11.0. The summed E-state index contributed by atoms with van der Waals surface area (Å²) < 4.78 is 0. The number of carbonyl (C=O) groups is 1. The normalized spacial score (nSPS) is 17.7. The SMILES string of the molecule is O=C(O)c1ccncc1CC[C@H]1NCCc2cc(N3CCc4ccccc4C3)ccc21. The van der Waals surface area contributed by atoms with Gasteiger partial charge in [0.1, 0.15) is 0 Å². The van der Waals surface area contributed by atoms with Crippen molar-refractivity contribution in [2.75, 3.05) is 18.0 Å². The van der Waals surface area contributed by atoms with Gasteiger partial charge < -0.3 is 15.3 Å². The summed E-state index contributed by atoms with van der Waals surface area (Å²) in [5, 5.41) is 13.1. The minimum atomic E-state index is -0.887. The molecule has 31 heavy (non-hydrogen) atoms. The lowest BCUT2D eigenvalue weighted by molar-refractivity contribution is 0.0695. The molecule has 3 aromatic rings. The van der Waals surface area contributed by atoms with Crippen LogP contribution in [-0.2, 0) is 25.8 Å². The van der Waals surface area contributed by atoms with Crippen LogP contribution in [0.1, 0.15) is 50.6 Å². The van der Waals surface area contributed by atoms with Gasteiger partial charge >= 0.3 is 5.97 Å². The van der Waals surface area contributed by atoms with Gasteiger partial charge in [-0.25, -0.2) is 4.79 Å². The van der Waals surface area contributed by atoms with Crippen LogP contribution in [0.25, 0.3) is 0 Å². The molecule has 5 heteroatoms. The predicted molar refractivity (Wildman–Crippen MR) is 122 cm³/mol. The zero-order chi connectivity index (χ0) is 21.2. The third kappa shape index (κ3) is 4.06. The average molecular weight is 414 g/mol. The summed E-state index contributed by atoms with van der Waals surface area (Å²) in [7, 11) is 0. The van der Waals surface area contributed by atoms with Crippen molar-refractivity contribution < 1.29 is 9.90 Å². The third-order valence-corrected chi connectivity index (χ3v) is 6.62. The Kier molecular flexibility index (Phi) is 5.43. The molecule has 2 aliphatic rings. The van der Waals surface area contributed by atoms with E-state index in [0.29, 0.717) is 12.0 Å². The highest BCUT2D eigenvalue weighted by molar-refractivity contribution is 5.89. The highest BCUT2D eigenvalue weighted by Gasteiger charge is 2.23. The van der Waals surface area contributed by atoms with Crippen LogP contribution in [0.2, 0.25) is 0 Å². The molecule has 158 valence electrons. The Bertz CT molecular complexity index is 1110. The van der Waals surface area contributed by atoms with Gasteiger partial charge in [0, 0.05) is 37.2 Å². The summed E-state index contributed by atoms with van der Waals surface area (Å²) in [6.45, 7) is 2.97. The molecule has 0 unspecified atom stereocenters. The van der Waals surface area contributed by atoms with Gasteiger partial charge in [0.2, 0.25) is 0 Å². The number of nitrogens with one attached hydrogen (secondary N) is 1. The summed E-state index contributed by atoms with van der Waals surface area (Å²) >= 11 is 0. The first-order valence-corrected chi connectivity index (χ1v) is 11.0. The van der Waals surface area contributed by atoms with Crippen molar-refractivity contribution >= 4 is 11.7 Å². The topological polar surface area (TPSA) is 65.5 Å². The van der Waals surface area contributed by atoms with Crippen molar-refractivity contribution in [3.05, 3.63) is 94.3 Å². The van der Waals surface area contributed by atoms with Crippen molar-refractivity contribution in [1.82, 2.24) is 10.3 Å². The second kappa shape index (κ2) is 8.52. The fourth-order valence-corrected chi connectivity index (χ4v) is 4.94. The molecule has 1 atom stereocenters. The van der Waals surface area contributed by atoms with E-state index in [4.69, 9.17) is 0 Å². The second-order valence-corrected chi connectivity index (χ2v) is 8.46. The minimum Gasteiger partial charge on any atom is -0.478 e. The number of carboxylic acid groups (broad SMARTS) is 1. The summed E-state index contributed by atoms with van der Waals surface area (Å²) in [6.07, 6.45) is 6.89. The van der Waals surface area contributed by atoms with Crippen molar-refractivity contribution in [2.45, 2.75) is 38.3 Å². The van der Waals surface area contributed by atoms with Crippen LogP contribution in [-0.4, -0.2) is 29.1 Å². The van der Waals surface area contributed by atoms with E-state index in [1.54, 1.807) is 18.5 Å². The summed E-state index contributed by atoms with van der Waals surface area (Å²) in [4.78, 5) is 18.1. The lowest BCUT2D eigenvalue weighted by Crippen LogP contribution is -2.32. The van der Waals surface area contributed by atoms with Gasteiger partial charge in [-0.2, -0.15) is 0 Å². The van der Waals surface area contributed by atoms with Gasteiger partial charge in [0.15, 0.2) is 0 Å². The Labute approximate surface area is 182 Å². The van der Waals surface area contributed by atoms with Crippen molar-refractivity contribution in [2.24, 2.45) is 0 Å². The molecule has 5 rings (SSSR count). The molecule has 0 saturated carbocycles. The van der Waals surface area contributed by atoms with E-state index >= 15 is 0 Å². The standard InChI is InChI=1S/C26H27N3O2/c30-26(31)24-10-12-27-16-20(24)5-8-25-23-7-6-22(15-19(23)9-13-28-25)29-14-11-18-3-1-2-4-21(18)17-29/h1-4,6-7,10,12,15-16,25,28H,5,8-9,11,13-14,17H2,(H,30,31)/t25-/m1/s1. The second-order valence-electron chi connectivity index (χ2n) is 8.46. The van der Waals surface area contributed by atoms with Crippen LogP contribution in [0.15, 0.2) is 60.9 Å². The molecule has 0 saturated heterocycles. The van der Waals surface area contributed by atoms with E-state index in [1.165, 1.54) is 27.9 Å². The molecule has 0 fully saturated rings. The lowest BCUT2D eigenvalue weighted by Gasteiger charge is -2.33. The highest BCUT2D eigenvalue weighted by atomic mass is 16.4. The van der Waals surface area contributed by atoms with Gasteiger partial charge in [-0.3, -0.25) is 4.98 Å². The first-order chi connectivity index (χ1) is 15.2. The van der Waals surface area contributed by atoms with Gasteiger partial charge in [0.25, 0.3) is 0 Å². The number of pyridine rings is 1. The summed E-state index contributed by atoms with van der Waals surface area (Å²) in [6, 6.07) is 17.4. The molecule has 2 aromatic carbocycles. The maximum atomic E-state index is 11.5. The third-order valence-electron chi connectivity index (χ3n) is 6.62. The van der Waals surface area contributed by atoms with Gasteiger partial charge in [-0.1, -0.05) is 30.3 Å². The number of carboxylic acids is 1. The predicted octanol–water partition coefficient (Wildman–Crippen LogP) is 4.16. The molecule has 0 bridgehead atoms. The van der Waals surface area contributed by atoms with E-state index in [-0.39, 0.29) is 6.04 Å². The number of benzene rings is 2. The Morgan fingerprint density at radius 1 is 1.10 bits per heavy atom. The molecule has 0 amide bonds. The van der Waals surface area contributed by atoms with E-state index in [0.717, 1.165) is 44.5 Å². The summed E-state index contributed by atoms with van der Waals surface area (Å²) in [5.74, 6) is -0.887.